The van der Waals surface area contributed by atoms with Gasteiger partial charge in [0.1, 0.15) is 0 Å². The topological polar surface area (TPSA) is 46.5 Å². The van der Waals surface area contributed by atoms with Gasteiger partial charge in [-0.05, 0) is 18.2 Å². The first-order chi connectivity index (χ1) is 10.2. The molecule has 0 unspecified atom stereocenters. The predicted octanol–water partition coefficient (Wildman–Crippen LogP) is 3.79. The van der Waals surface area contributed by atoms with Gasteiger partial charge < -0.3 is 0 Å². The summed E-state index contributed by atoms with van der Waals surface area (Å²) < 4.78 is 77.0. The Hall–Kier alpha value is -2.52. The number of fused-ring (bicyclic) bond motifs is 1. The van der Waals surface area contributed by atoms with Crippen molar-refractivity contribution in [1.29, 1.82) is 0 Å². The predicted molar refractivity (Wildman–Crippen MR) is 63.2 cm³/mol. The summed E-state index contributed by atoms with van der Waals surface area (Å²) in [5, 5.41) is 6.86. The van der Waals surface area contributed by atoms with Crippen LogP contribution in [0.25, 0.3) is 16.6 Å². The molecule has 2 heterocycles. The van der Waals surface area contributed by atoms with Gasteiger partial charge in [0.2, 0.25) is 5.82 Å². The maximum absolute atomic E-state index is 12.9. The smallest absolute Gasteiger partial charge is 0.295 e. The van der Waals surface area contributed by atoms with Crippen LogP contribution in [0.5, 0.6) is 0 Å². The van der Waals surface area contributed by atoms with Crippen molar-refractivity contribution in [3.05, 3.63) is 42.1 Å². The number of nitrogens with zero attached hydrogens (tertiary/aromatic N) is 3. The summed E-state index contributed by atoms with van der Waals surface area (Å²) in [7, 11) is 0. The van der Waals surface area contributed by atoms with Crippen LogP contribution in [0.1, 0.15) is 11.5 Å². The highest BCUT2D eigenvalue weighted by Gasteiger charge is 2.42. The fraction of sp³-hybridized carbons (Fsp3) is 0.167. The summed E-state index contributed by atoms with van der Waals surface area (Å²) in [6, 6.07) is 3.97. The summed E-state index contributed by atoms with van der Waals surface area (Å²) in [5.74, 6) is -1.64. The van der Waals surface area contributed by atoms with E-state index in [1.165, 1.54) is 24.4 Å². The molecule has 0 radical (unpaired) electrons. The van der Waals surface area contributed by atoms with Crippen molar-refractivity contribution in [3.63, 3.8) is 0 Å². The van der Waals surface area contributed by atoms with Gasteiger partial charge in [-0.1, -0.05) is 0 Å². The maximum atomic E-state index is 12.9. The van der Waals surface area contributed by atoms with Crippen molar-refractivity contribution < 1.29 is 26.3 Å². The number of alkyl halides is 6. The molecule has 4 nitrogen and oxygen atoms in total. The number of imidazole rings is 1. The van der Waals surface area contributed by atoms with E-state index >= 15 is 0 Å². The molecule has 0 atom stereocenters. The lowest BCUT2D eigenvalue weighted by Gasteiger charge is -2.10. The molecule has 1 N–H and O–H groups in total. The zero-order chi connectivity index (χ0) is 16.1. The van der Waals surface area contributed by atoms with Gasteiger partial charge in [-0.3, -0.25) is 9.67 Å². The van der Waals surface area contributed by atoms with E-state index in [1.807, 2.05) is 0 Å². The average molecular weight is 320 g/mol. The lowest BCUT2D eigenvalue weighted by atomic mass is 10.2. The summed E-state index contributed by atoms with van der Waals surface area (Å²) in [6.45, 7) is 0. The molecule has 0 amide bonds. The number of rotatable bonds is 1. The zero-order valence-electron chi connectivity index (χ0n) is 10.5. The Labute approximate surface area is 118 Å². The van der Waals surface area contributed by atoms with Gasteiger partial charge in [0, 0.05) is 17.3 Å². The molecule has 116 valence electrons. The van der Waals surface area contributed by atoms with E-state index < -0.39 is 23.9 Å². The van der Waals surface area contributed by atoms with E-state index in [2.05, 4.69) is 15.2 Å². The standard InChI is InChI=1S/C12H6F6N4/c13-11(14,15)9-5-22(10(20-9)12(16,17)18)7-2-1-6-4-19-21-8(6)3-7/h1-5H,(H,19,21). The Morgan fingerprint density at radius 1 is 1.00 bits per heavy atom. The fourth-order valence-corrected chi connectivity index (χ4v) is 1.99. The molecule has 1 aromatic carbocycles. The van der Waals surface area contributed by atoms with E-state index in [0.717, 1.165) is 0 Å². The SMILES string of the molecule is FC(F)(F)c1cn(-c2ccc3cn[nH]c3c2)c(C(F)(F)F)n1. The summed E-state index contributed by atoms with van der Waals surface area (Å²) in [6.07, 6.45) is -8.23. The minimum absolute atomic E-state index is 0.105. The van der Waals surface area contributed by atoms with Crippen molar-refractivity contribution >= 4 is 10.9 Å². The number of hydrogen-bond acceptors (Lipinski definition) is 2. The van der Waals surface area contributed by atoms with Gasteiger partial charge in [-0.2, -0.15) is 31.4 Å². The first-order valence-electron chi connectivity index (χ1n) is 5.83. The second-order valence-corrected chi connectivity index (χ2v) is 4.46. The van der Waals surface area contributed by atoms with Gasteiger partial charge in [0.05, 0.1) is 11.7 Å². The van der Waals surface area contributed by atoms with Crippen LogP contribution < -0.4 is 0 Å². The molecule has 0 bridgehead atoms. The van der Waals surface area contributed by atoms with Crippen molar-refractivity contribution in [2.24, 2.45) is 0 Å². The molecule has 10 heteroatoms. The van der Waals surface area contributed by atoms with E-state index in [4.69, 9.17) is 0 Å². The number of aromatic amines is 1. The van der Waals surface area contributed by atoms with Crippen LogP contribution in [0, 0.1) is 0 Å². The molecule has 0 saturated carbocycles. The highest BCUT2D eigenvalue weighted by atomic mass is 19.4. The Bertz CT molecular complexity index is 826. The lowest BCUT2D eigenvalue weighted by molar-refractivity contribution is -0.150. The first kappa shape index (κ1) is 14.4. The van der Waals surface area contributed by atoms with E-state index in [-0.39, 0.29) is 5.69 Å². The van der Waals surface area contributed by atoms with Crippen LogP contribution >= 0.6 is 0 Å². The van der Waals surface area contributed by atoms with Crippen molar-refractivity contribution in [2.75, 3.05) is 0 Å². The van der Waals surface area contributed by atoms with E-state index in [0.29, 0.717) is 21.7 Å². The molecule has 0 aliphatic heterocycles. The summed E-state index contributed by atoms with van der Waals surface area (Å²) in [5.41, 5.74) is -1.32. The number of aromatic nitrogens is 4. The minimum atomic E-state index is -5.02. The Kier molecular flexibility index (Phi) is 2.94. The quantitative estimate of drug-likeness (QED) is 0.694. The average Bonchev–Trinajstić information content (AvgIpc) is 3.03. The Morgan fingerprint density at radius 2 is 1.73 bits per heavy atom. The number of benzene rings is 1. The van der Waals surface area contributed by atoms with E-state index in [1.54, 1.807) is 0 Å². The number of nitrogens with one attached hydrogen (secondary N) is 1. The third-order valence-electron chi connectivity index (χ3n) is 2.95. The van der Waals surface area contributed by atoms with Crippen LogP contribution in [-0.4, -0.2) is 19.7 Å². The number of H-pyrrole nitrogens is 1. The fourth-order valence-electron chi connectivity index (χ4n) is 1.99. The molecule has 0 aliphatic carbocycles. The highest BCUT2D eigenvalue weighted by Crippen LogP contribution is 2.35. The lowest BCUT2D eigenvalue weighted by Crippen LogP contribution is -2.14. The minimum Gasteiger partial charge on any atom is -0.295 e. The number of hydrogen-bond donors (Lipinski definition) is 1. The van der Waals surface area contributed by atoms with Crippen LogP contribution in [0.4, 0.5) is 26.3 Å². The Morgan fingerprint density at radius 3 is 2.36 bits per heavy atom. The van der Waals surface area contributed by atoms with Crippen molar-refractivity contribution in [3.8, 4) is 5.69 Å². The molecule has 0 aliphatic rings. The van der Waals surface area contributed by atoms with Gasteiger partial charge in [-0.15, -0.1) is 0 Å². The maximum Gasteiger partial charge on any atom is 0.450 e. The molecule has 0 saturated heterocycles. The summed E-state index contributed by atoms with van der Waals surface area (Å²) >= 11 is 0. The zero-order valence-corrected chi connectivity index (χ0v) is 10.5. The van der Waals surface area contributed by atoms with Crippen LogP contribution in [-0.2, 0) is 12.4 Å². The molecule has 0 fully saturated rings. The molecule has 22 heavy (non-hydrogen) atoms. The Balaban J connectivity index is 2.21. The first-order valence-corrected chi connectivity index (χ1v) is 5.83. The second-order valence-electron chi connectivity index (χ2n) is 4.46. The van der Waals surface area contributed by atoms with Gasteiger partial charge in [0.15, 0.2) is 5.69 Å². The third kappa shape index (κ3) is 2.40. The monoisotopic (exact) mass is 320 g/mol. The van der Waals surface area contributed by atoms with Crippen LogP contribution in [0.15, 0.2) is 30.6 Å². The van der Waals surface area contributed by atoms with Crippen molar-refractivity contribution in [1.82, 2.24) is 19.7 Å². The molecule has 3 rings (SSSR count). The van der Waals surface area contributed by atoms with Crippen LogP contribution in [0.2, 0.25) is 0 Å². The van der Waals surface area contributed by atoms with E-state index in [9.17, 15) is 26.3 Å². The number of halogens is 6. The second kappa shape index (κ2) is 4.49. The van der Waals surface area contributed by atoms with Crippen molar-refractivity contribution in [2.45, 2.75) is 12.4 Å². The third-order valence-corrected chi connectivity index (χ3v) is 2.95. The van der Waals surface area contributed by atoms with Gasteiger partial charge in [-0.25, -0.2) is 4.98 Å². The van der Waals surface area contributed by atoms with Gasteiger partial charge in [0.25, 0.3) is 0 Å². The molecule has 3 aromatic rings. The normalized spacial score (nSPS) is 13.0. The molecular weight excluding hydrogens is 314 g/mol. The molecule has 2 aromatic heterocycles. The largest absolute Gasteiger partial charge is 0.450 e. The summed E-state index contributed by atoms with van der Waals surface area (Å²) in [4.78, 5) is 2.68. The highest BCUT2D eigenvalue weighted by molar-refractivity contribution is 5.80. The van der Waals surface area contributed by atoms with Gasteiger partial charge >= 0.3 is 12.4 Å². The molecular formula is C12H6F6N4. The molecule has 0 spiro atoms. The van der Waals surface area contributed by atoms with Crippen LogP contribution in [0.3, 0.4) is 0 Å².